The number of hydrogen-bond donors (Lipinski definition) is 2. The fraction of sp³-hybridized carbons (Fsp3) is 0.462. The molecule has 0 atom stereocenters. The fourth-order valence-corrected chi connectivity index (χ4v) is 1.80. The SMILES string of the molecule is Cc1ccc2c(c1C)NC(=O)C(C)(C)CN2. The van der Waals surface area contributed by atoms with Crippen LogP contribution in [-0.2, 0) is 4.79 Å². The largest absolute Gasteiger partial charge is 0.382 e. The molecule has 1 aliphatic rings. The van der Waals surface area contributed by atoms with E-state index in [-0.39, 0.29) is 11.3 Å². The summed E-state index contributed by atoms with van der Waals surface area (Å²) in [6.07, 6.45) is 0. The lowest BCUT2D eigenvalue weighted by molar-refractivity contribution is -0.123. The minimum Gasteiger partial charge on any atom is -0.382 e. The van der Waals surface area contributed by atoms with Crippen molar-refractivity contribution in [2.75, 3.05) is 17.2 Å². The Bertz CT molecular complexity index is 449. The lowest BCUT2D eigenvalue weighted by Crippen LogP contribution is -2.34. The first-order valence-corrected chi connectivity index (χ1v) is 5.57. The number of anilines is 2. The maximum absolute atomic E-state index is 12.0. The maximum atomic E-state index is 12.0. The molecule has 3 heteroatoms. The number of carbonyl (C=O) groups is 1. The highest BCUT2D eigenvalue weighted by atomic mass is 16.2. The van der Waals surface area contributed by atoms with Crippen molar-refractivity contribution in [1.29, 1.82) is 0 Å². The monoisotopic (exact) mass is 218 g/mol. The van der Waals surface area contributed by atoms with Crippen LogP contribution in [0.5, 0.6) is 0 Å². The molecule has 1 heterocycles. The molecule has 1 aromatic rings. The van der Waals surface area contributed by atoms with Crippen molar-refractivity contribution in [1.82, 2.24) is 0 Å². The molecule has 0 saturated heterocycles. The van der Waals surface area contributed by atoms with Crippen molar-refractivity contribution in [3.05, 3.63) is 23.3 Å². The lowest BCUT2D eigenvalue weighted by atomic mass is 9.93. The Morgan fingerprint density at radius 1 is 1.25 bits per heavy atom. The summed E-state index contributed by atoms with van der Waals surface area (Å²) in [6.45, 7) is 8.65. The highest BCUT2D eigenvalue weighted by molar-refractivity contribution is 6.00. The first-order valence-electron chi connectivity index (χ1n) is 5.57. The molecular weight excluding hydrogens is 200 g/mol. The zero-order valence-electron chi connectivity index (χ0n) is 10.3. The van der Waals surface area contributed by atoms with Crippen LogP contribution in [0, 0.1) is 19.3 Å². The summed E-state index contributed by atoms with van der Waals surface area (Å²) < 4.78 is 0. The van der Waals surface area contributed by atoms with Crippen LogP contribution in [0.4, 0.5) is 11.4 Å². The first-order chi connectivity index (χ1) is 7.42. The number of benzene rings is 1. The zero-order chi connectivity index (χ0) is 11.9. The molecular formula is C13H18N2O. The van der Waals surface area contributed by atoms with Gasteiger partial charge in [0.15, 0.2) is 0 Å². The van der Waals surface area contributed by atoms with Gasteiger partial charge in [0.1, 0.15) is 0 Å². The van der Waals surface area contributed by atoms with Crippen LogP contribution >= 0.6 is 0 Å². The Morgan fingerprint density at radius 2 is 1.94 bits per heavy atom. The van der Waals surface area contributed by atoms with E-state index >= 15 is 0 Å². The van der Waals surface area contributed by atoms with Crippen LogP contribution in [0.15, 0.2) is 12.1 Å². The average Bonchev–Trinajstić information content (AvgIpc) is 2.33. The number of aryl methyl sites for hydroxylation is 1. The van der Waals surface area contributed by atoms with Gasteiger partial charge >= 0.3 is 0 Å². The molecule has 86 valence electrons. The quantitative estimate of drug-likeness (QED) is 0.703. The van der Waals surface area contributed by atoms with E-state index < -0.39 is 0 Å². The number of nitrogens with one attached hydrogen (secondary N) is 2. The number of rotatable bonds is 0. The van der Waals surface area contributed by atoms with E-state index in [1.807, 2.05) is 26.8 Å². The van der Waals surface area contributed by atoms with Crippen LogP contribution in [0.3, 0.4) is 0 Å². The summed E-state index contributed by atoms with van der Waals surface area (Å²) in [6, 6.07) is 4.10. The Hall–Kier alpha value is -1.51. The minimum absolute atomic E-state index is 0.0763. The van der Waals surface area contributed by atoms with E-state index in [9.17, 15) is 4.79 Å². The average molecular weight is 218 g/mol. The van der Waals surface area contributed by atoms with Gasteiger partial charge < -0.3 is 10.6 Å². The van der Waals surface area contributed by atoms with E-state index in [4.69, 9.17) is 0 Å². The normalized spacial score (nSPS) is 18.1. The summed E-state index contributed by atoms with van der Waals surface area (Å²) >= 11 is 0. The molecule has 0 fully saturated rings. The molecule has 1 aromatic carbocycles. The van der Waals surface area contributed by atoms with Crippen molar-refractivity contribution in [3.63, 3.8) is 0 Å². The van der Waals surface area contributed by atoms with Gasteiger partial charge in [0.2, 0.25) is 5.91 Å². The minimum atomic E-state index is -0.376. The van der Waals surface area contributed by atoms with E-state index in [1.165, 1.54) is 5.56 Å². The molecule has 2 N–H and O–H groups in total. The van der Waals surface area contributed by atoms with Gasteiger partial charge in [-0.1, -0.05) is 6.07 Å². The molecule has 0 unspecified atom stereocenters. The molecule has 1 amide bonds. The third-order valence-electron chi connectivity index (χ3n) is 3.31. The molecule has 0 aliphatic carbocycles. The van der Waals surface area contributed by atoms with E-state index in [2.05, 4.69) is 23.6 Å². The van der Waals surface area contributed by atoms with Gasteiger partial charge in [-0.05, 0) is 44.9 Å². The molecule has 0 aromatic heterocycles. The van der Waals surface area contributed by atoms with Crippen molar-refractivity contribution in [3.8, 4) is 0 Å². The Kier molecular flexibility index (Phi) is 2.41. The molecule has 0 spiro atoms. The summed E-state index contributed by atoms with van der Waals surface area (Å²) in [7, 11) is 0. The predicted octanol–water partition coefficient (Wildman–Crippen LogP) is 2.69. The Morgan fingerprint density at radius 3 is 2.62 bits per heavy atom. The van der Waals surface area contributed by atoms with Crippen molar-refractivity contribution in [2.45, 2.75) is 27.7 Å². The van der Waals surface area contributed by atoms with E-state index in [0.29, 0.717) is 6.54 Å². The highest BCUT2D eigenvalue weighted by Crippen LogP contribution is 2.33. The van der Waals surface area contributed by atoms with Crippen molar-refractivity contribution in [2.24, 2.45) is 5.41 Å². The smallest absolute Gasteiger partial charge is 0.231 e. The lowest BCUT2D eigenvalue weighted by Gasteiger charge is -2.19. The summed E-state index contributed by atoms with van der Waals surface area (Å²) in [5.74, 6) is 0.0763. The first kappa shape index (κ1) is 11.0. The van der Waals surface area contributed by atoms with Gasteiger partial charge in [0, 0.05) is 6.54 Å². The van der Waals surface area contributed by atoms with Gasteiger partial charge in [-0.15, -0.1) is 0 Å². The van der Waals surface area contributed by atoms with Crippen LogP contribution in [-0.4, -0.2) is 12.5 Å². The van der Waals surface area contributed by atoms with Crippen LogP contribution in [0.2, 0.25) is 0 Å². The molecule has 0 radical (unpaired) electrons. The Labute approximate surface area is 96.2 Å². The second kappa shape index (κ2) is 3.51. The fourth-order valence-electron chi connectivity index (χ4n) is 1.80. The second-order valence-electron chi connectivity index (χ2n) is 5.12. The van der Waals surface area contributed by atoms with E-state index in [1.54, 1.807) is 0 Å². The molecule has 1 aliphatic heterocycles. The van der Waals surface area contributed by atoms with Crippen LogP contribution in [0.1, 0.15) is 25.0 Å². The molecule has 3 nitrogen and oxygen atoms in total. The van der Waals surface area contributed by atoms with Crippen molar-refractivity contribution >= 4 is 17.3 Å². The second-order valence-corrected chi connectivity index (χ2v) is 5.12. The van der Waals surface area contributed by atoms with Gasteiger partial charge in [0.25, 0.3) is 0 Å². The number of hydrogen-bond acceptors (Lipinski definition) is 2. The third-order valence-corrected chi connectivity index (χ3v) is 3.31. The van der Waals surface area contributed by atoms with Gasteiger partial charge in [0.05, 0.1) is 16.8 Å². The summed E-state index contributed by atoms with van der Waals surface area (Å²) in [5, 5.41) is 6.35. The Balaban J connectivity index is 2.50. The topological polar surface area (TPSA) is 41.1 Å². The van der Waals surface area contributed by atoms with Gasteiger partial charge in [-0.3, -0.25) is 4.79 Å². The molecule has 2 rings (SSSR count). The molecule has 16 heavy (non-hydrogen) atoms. The van der Waals surface area contributed by atoms with Crippen molar-refractivity contribution < 1.29 is 4.79 Å². The highest BCUT2D eigenvalue weighted by Gasteiger charge is 2.31. The number of carbonyl (C=O) groups excluding carboxylic acids is 1. The van der Waals surface area contributed by atoms with E-state index in [0.717, 1.165) is 16.9 Å². The summed E-state index contributed by atoms with van der Waals surface area (Å²) in [5.41, 5.74) is 3.90. The van der Waals surface area contributed by atoms with Gasteiger partial charge in [-0.25, -0.2) is 0 Å². The van der Waals surface area contributed by atoms with Crippen LogP contribution in [0.25, 0.3) is 0 Å². The third kappa shape index (κ3) is 1.66. The molecule has 0 saturated carbocycles. The predicted molar refractivity (Wildman–Crippen MR) is 66.8 cm³/mol. The van der Waals surface area contributed by atoms with Gasteiger partial charge in [-0.2, -0.15) is 0 Å². The zero-order valence-corrected chi connectivity index (χ0v) is 10.3. The maximum Gasteiger partial charge on any atom is 0.231 e. The van der Waals surface area contributed by atoms with Crippen LogP contribution < -0.4 is 10.6 Å². The molecule has 0 bridgehead atoms. The number of amides is 1. The summed E-state index contributed by atoms with van der Waals surface area (Å²) in [4.78, 5) is 12.0. The standard InChI is InChI=1S/C13H18N2O/c1-8-5-6-10-11(9(8)2)15-12(16)13(3,4)7-14-10/h5-6,14H,7H2,1-4H3,(H,15,16). The number of fused-ring (bicyclic) bond motifs is 1.